The maximum atomic E-state index is 10.3. The Bertz CT molecular complexity index is 162. The molecule has 0 bridgehead atoms. The summed E-state index contributed by atoms with van der Waals surface area (Å²) in [5, 5.41) is 0. The van der Waals surface area contributed by atoms with Crippen LogP contribution in [0.25, 0.3) is 0 Å². The van der Waals surface area contributed by atoms with Crippen molar-refractivity contribution in [3.05, 3.63) is 12.2 Å². The maximum Gasteiger partial charge on any atom is 0.772 e. The van der Waals surface area contributed by atoms with E-state index in [2.05, 4.69) is 11.0 Å². The van der Waals surface area contributed by atoms with Gasteiger partial charge in [0, 0.05) is 5.57 Å². The van der Waals surface area contributed by atoms with Crippen molar-refractivity contribution in [3.8, 4) is 0 Å². The third-order valence-electron chi connectivity index (χ3n) is 0.528. The van der Waals surface area contributed by atoms with Gasteiger partial charge in [0.05, 0.1) is 0 Å². The summed E-state index contributed by atoms with van der Waals surface area (Å²) in [5.74, 6) is -0.832. The molecule has 0 fully saturated rings. The third kappa shape index (κ3) is 3.60. The number of hydrogen-bond acceptors (Lipinski definition) is 3. The van der Waals surface area contributed by atoms with E-state index in [1.165, 1.54) is 6.92 Å². The van der Waals surface area contributed by atoms with Gasteiger partial charge < -0.3 is 9.22 Å². The summed E-state index contributed by atoms with van der Waals surface area (Å²) in [6.45, 7) is 4.60. The van der Waals surface area contributed by atoms with Gasteiger partial charge in [-0.2, -0.15) is 0 Å². The van der Waals surface area contributed by atoms with Gasteiger partial charge in [0.1, 0.15) is 0 Å². The zero-order valence-electron chi connectivity index (χ0n) is 4.88. The van der Waals surface area contributed by atoms with Crippen molar-refractivity contribution in [1.29, 1.82) is 0 Å². The summed E-state index contributed by atoms with van der Waals surface area (Å²) in [5.41, 5.74) is 0.113. The second-order valence-electron chi connectivity index (χ2n) is 1.44. The van der Waals surface area contributed by atoms with Gasteiger partial charge in [-0.15, -0.1) is 0 Å². The third-order valence-corrected chi connectivity index (χ3v) is 0.888. The molecule has 0 aromatic carbocycles. The van der Waals surface area contributed by atoms with Crippen LogP contribution < -0.4 is 0 Å². The van der Waals surface area contributed by atoms with Crippen LogP contribution in [-0.4, -0.2) is 19.9 Å². The molecule has 0 spiro atoms. The lowest BCUT2D eigenvalue weighted by atomic mass is 10.4. The van der Waals surface area contributed by atoms with Crippen LogP contribution in [0.5, 0.6) is 0 Å². The minimum atomic E-state index is -3.14. The molecule has 0 aromatic heterocycles. The Kier molecular flexibility index (Phi) is 2.79. The van der Waals surface area contributed by atoms with Crippen LogP contribution in [0.3, 0.4) is 0 Å². The molecule has 0 aliphatic rings. The summed E-state index contributed by atoms with van der Waals surface area (Å²) in [6, 6.07) is 0. The molecular formula is C4H6O4Si. The monoisotopic (exact) mass is 146 g/mol. The Hall–Kier alpha value is -0.973. The first-order valence-electron chi connectivity index (χ1n) is 2.14. The van der Waals surface area contributed by atoms with Crippen LogP contribution in [0.15, 0.2) is 12.2 Å². The fourth-order valence-electron chi connectivity index (χ4n) is 0.166. The largest absolute Gasteiger partial charge is 0.772 e. The second kappa shape index (κ2) is 3.13. The average molecular weight is 146 g/mol. The molecule has 5 heteroatoms. The summed E-state index contributed by atoms with van der Waals surface area (Å²) in [4.78, 5) is 18.3. The molecule has 50 valence electrons. The van der Waals surface area contributed by atoms with E-state index < -0.39 is 15.1 Å². The fourth-order valence-corrected chi connectivity index (χ4v) is 0.499. The van der Waals surface area contributed by atoms with Crippen molar-refractivity contribution in [2.45, 2.75) is 6.92 Å². The van der Waals surface area contributed by atoms with Crippen LogP contribution >= 0.6 is 0 Å². The Morgan fingerprint density at radius 1 is 1.78 bits per heavy atom. The van der Waals surface area contributed by atoms with Crippen molar-refractivity contribution >= 4 is 15.1 Å². The Balaban J connectivity index is 3.79. The van der Waals surface area contributed by atoms with E-state index in [1.807, 2.05) is 0 Å². The molecule has 0 heterocycles. The van der Waals surface area contributed by atoms with Crippen molar-refractivity contribution in [3.63, 3.8) is 0 Å². The lowest BCUT2D eigenvalue weighted by Gasteiger charge is -1.93. The molecule has 9 heavy (non-hydrogen) atoms. The molecule has 0 atom stereocenters. The number of hydrogen-bond donors (Lipinski definition) is 1. The van der Waals surface area contributed by atoms with E-state index in [4.69, 9.17) is 4.80 Å². The molecule has 0 aliphatic carbocycles. The fraction of sp³-hybridized carbons (Fsp3) is 0.250. The van der Waals surface area contributed by atoms with Gasteiger partial charge in [-0.3, -0.25) is 4.46 Å². The van der Waals surface area contributed by atoms with E-state index >= 15 is 0 Å². The summed E-state index contributed by atoms with van der Waals surface area (Å²) < 4.78 is 13.7. The SMILES string of the molecule is C=C(C)C(=O)O[Si](=O)O. The summed E-state index contributed by atoms with van der Waals surface area (Å²) in [6.07, 6.45) is 0. The molecule has 0 radical (unpaired) electrons. The molecule has 0 unspecified atom stereocenters. The van der Waals surface area contributed by atoms with E-state index in [0.717, 1.165) is 0 Å². The highest BCUT2D eigenvalue weighted by Gasteiger charge is 2.11. The van der Waals surface area contributed by atoms with Gasteiger partial charge >= 0.3 is 15.1 Å². The lowest BCUT2D eigenvalue weighted by Crippen LogP contribution is -2.13. The van der Waals surface area contributed by atoms with Crippen molar-refractivity contribution in [2.24, 2.45) is 0 Å². The molecular weight excluding hydrogens is 140 g/mol. The second-order valence-corrected chi connectivity index (χ2v) is 2.17. The molecule has 0 aliphatic heterocycles. The number of rotatable bonds is 2. The smallest absolute Gasteiger partial charge is 0.511 e. The van der Waals surface area contributed by atoms with Crippen LogP contribution in [0.2, 0.25) is 0 Å². The average Bonchev–Trinajstić information content (AvgIpc) is 1.63. The molecule has 4 nitrogen and oxygen atoms in total. The zero-order valence-corrected chi connectivity index (χ0v) is 5.88. The van der Waals surface area contributed by atoms with Gasteiger partial charge in [0.15, 0.2) is 0 Å². The predicted octanol–water partition coefficient (Wildman–Crippen LogP) is -0.487. The summed E-state index contributed by atoms with van der Waals surface area (Å²) >= 11 is 0. The first-order chi connectivity index (χ1) is 4.04. The maximum absolute atomic E-state index is 10.3. The normalized spacial score (nSPS) is 8.11. The van der Waals surface area contributed by atoms with Crippen molar-refractivity contribution < 1.29 is 18.5 Å². The molecule has 0 aromatic rings. The summed E-state index contributed by atoms with van der Waals surface area (Å²) in [7, 11) is -3.14. The first-order valence-corrected chi connectivity index (χ1v) is 3.41. The van der Waals surface area contributed by atoms with Gasteiger partial charge in [0.25, 0.3) is 0 Å². The standard InChI is InChI=1S/C4H6O4Si/c1-3(2)4(5)8-9(6)7/h6H,1H2,2H3. The Morgan fingerprint density at radius 3 is 2.33 bits per heavy atom. The molecule has 0 amide bonds. The van der Waals surface area contributed by atoms with E-state index in [1.54, 1.807) is 0 Å². The minimum Gasteiger partial charge on any atom is -0.511 e. The van der Waals surface area contributed by atoms with Crippen LogP contribution in [0.4, 0.5) is 0 Å². The topological polar surface area (TPSA) is 63.6 Å². The number of carbonyl (C=O) groups excluding carboxylic acids is 1. The Labute approximate surface area is 53.7 Å². The minimum absolute atomic E-state index is 0.113. The van der Waals surface area contributed by atoms with Gasteiger partial charge in [0.2, 0.25) is 0 Å². The van der Waals surface area contributed by atoms with Gasteiger partial charge in [-0.05, 0) is 6.92 Å². The highest BCUT2D eigenvalue weighted by Crippen LogP contribution is 1.89. The van der Waals surface area contributed by atoms with Crippen molar-refractivity contribution in [1.82, 2.24) is 0 Å². The molecule has 0 saturated heterocycles. The zero-order chi connectivity index (χ0) is 7.44. The first kappa shape index (κ1) is 8.03. The van der Waals surface area contributed by atoms with Crippen LogP contribution in [-0.2, 0) is 13.7 Å². The predicted molar refractivity (Wildman–Crippen MR) is 29.6 cm³/mol. The van der Waals surface area contributed by atoms with Gasteiger partial charge in [-0.1, -0.05) is 6.58 Å². The highest BCUT2D eigenvalue weighted by molar-refractivity contribution is 6.28. The number of carbonyl (C=O) groups is 1. The van der Waals surface area contributed by atoms with Crippen LogP contribution in [0, 0.1) is 0 Å². The molecule has 1 N–H and O–H groups in total. The quantitative estimate of drug-likeness (QED) is 0.422. The van der Waals surface area contributed by atoms with E-state index in [0.29, 0.717) is 0 Å². The van der Waals surface area contributed by atoms with Gasteiger partial charge in [-0.25, -0.2) is 4.79 Å². The molecule has 0 rings (SSSR count). The van der Waals surface area contributed by atoms with Crippen LogP contribution in [0.1, 0.15) is 6.92 Å². The lowest BCUT2D eigenvalue weighted by molar-refractivity contribution is -0.131. The molecule has 0 saturated carbocycles. The van der Waals surface area contributed by atoms with Crippen molar-refractivity contribution in [2.75, 3.05) is 0 Å². The van der Waals surface area contributed by atoms with E-state index in [9.17, 15) is 9.26 Å². The Morgan fingerprint density at radius 2 is 2.22 bits per heavy atom. The van der Waals surface area contributed by atoms with E-state index in [-0.39, 0.29) is 5.57 Å². The highest BCUT2D eigenvalue weighted by atomic mass is 28.3.